The minimum atomic E-state index is -0.571. The third-order valence-electron chi connectivity index (χ3n) is 3.08. The Hall–Kier alpha value is -1.58. The van der Waals surface area contributed by atoms with Crippen molar-refractivity contribution in [3.05, 3.63) is 42.0 Å². The van der Waals surface area contributed by atoms with Crippen LogP contribution in [0.15, 0.2) is 36.4 Å². The van der Waals surface area contributed by atoms with Gasteiger partial charge in [0.2, 0.25) is 0 Å². The fourth-order valence-corrected chi connectivity index (χ4v) is 2.01. The van der Waals surface area contributed by atoms with Crippen molar-refractivity contribution in [1.29, 1.82) is 0 Å². The summed E-state index contributed by atoms with van der Waals surface area (Å²) in [5.41, 5.74) is 0.883. The lowest BCUT2D eigenvalue weighted by atomic mass is 10.0. The van der Waals surface area contributed by atoms with Gasteiger partial charge in [-0.05, 0) is 41.0 Å². The highest BCUT2D eigenvalue weighted by atomic mass is 16.5. The lowest BCUT2D eigenvalue weighted by Gasteiger charge is -2.12. The van der Waals surface area contributed by atoms with E-state index in [4.69, 9.17) is 9.47 Å². The molecule has 2 rings (SSSR count). The van der Waals surface area contributed by atoms with Crippen LogP contribution in [-0.2, 0) is 4.74 Å². The van der Waals surface area contributed by atoms with E-state index < -0.39 is 6.10 Å². The van der Waals surface area contributed by atoms with E-state index >= 15 is 0 Å². The number of benzene rings is 2. The lowest BCUT2D eigenvalue weighted by Crippen LogP contribution is -2.07. The fraction of sp³-hybridized carbons (Fsp3) is 0.375. The van der Waals surface area contributed by atoms with E-state index in [0.717, 1.165) is 28.5 Å². The van der Waals surface area contributed by atoms with Crippen molar-refractivity contribution in [2.24, 2.45) is 0 Å². The Morgan fingerprint density at radius 1 is 1.11 bits per heavy atom. The van der Waals surface area contributed by atoms with Crippen molar-refractivity contribution in [3.63, 3.8) is 0 Å². The van der Waals surface area contributed by atoms with Crippen molar-refractivity contribution in [3.8, 4) is 5.75 Å². The van der Waals surface area contributed by atoms with Gasteiger partial charge in [-0.3, -0.25) is 0 Å². The largest absolute Gasteiger partial charge is 0.497 e. The number of rotatable bonds is 6. The Morgan fingerprint density at radius 3 is 2.58 bits per heavy atom. The van der Waals surface area contributed by atoms with Crippen LogP contribution in [0.4, 0.5) is 0 Å². The second-order valence-electron chi connectivity index (χ2n) is 4.56. The molecule has 0 aliphatic rings. The molecular weight excluding hydrogens is 240 g/mol. The van der Waals surface area contributed by atoms with Crippen molar-refractivity contribution >= 4 is 10.8 Å². The van der Waals surface area contributed by atoms with E-state index in [1.54, 1.807) is 7.11 Å². The number of hydrogen-bond donors (Lipinski definition) is 1. The van der Waals surface area contributed by atoms with Crippen molar-refractivity contribution in [2.45, 2.75) is 19.4 Å². The Kier molecular flexibility index (Phi) is 4.77. The normalized spacial score (nSPS) is 12.6. The highest BCUT2D eigenvalue weighted by Gasteiger charge is 2.08. The fourth-order valence-electron chi connectivity index (χ4n) is 2.01. The topological polar surface area (TPSA) is 38.7 Å². The van der Waals surface area contributed by atoms with Gasteiger partial charge in [-0.2, -0.15) is 0 Å². The summed E-state index contributed by atoms with van der Waals surface area (Å²) in [6.07, 6.45) is 0.391. The molecule has 0 amide bonds. The SMILES string of the molecule is CCCOCC(O)c1ccc2cc(OC)ccc2c1. The quantitative estimate of drug-likeness (QED) is 0.810. The minimum absolute atomic E-state index is 0.343. The molecule has 0 aromatic heterocycles. The molecule has 2 aromatic carbocycles. The van der Waals surface area contributed by atoms with Crippen molar-refractivity contribution in [1.82, 2.24) is 0 Å². The molecule has 102 valence electrons. The van der Waals surface area contributed by atoms with Gasteiger partial charge in [-0.1, -0.05) is 25.1 Å². The number of hydrogen-bond acceptors (Lipinski definition) is 3. The number of aliphatic hydroxyl groups is 1. The van der Waals surface area contributed by atoms with Crippen LogP contribution in [0.25, 0.3) is 10.8 Å². The van der Waals surface area contributed by atoms with Gasteiger partial charge in [0.05, 0.1) is 13.7 Å². The zero-order chi connectivity index (χ0) is 13.7. The van der Waals surface area contributed by atoms with E-state index in [9.17, 15) is 5.11 Å². The average Bonchev–Trinajstić information content (AvgIpc) is 2.46. The van der Waals surface area contributed by atoms with E-state index in [0.29, 0.717) is 13.2 Å². The summed E-state index contributed by atoms with van der Waals surface area (Å²) < 4.78 is 10.6. The molecule has 0 bridgehead atoms. The first-order valence-electron chi connectivity index (χ1n) is 6.58. The van der Waals surface area contributed by atoms with Crippen molar-refractivity contribution < 1.29 is 14.6 Å². The molecule has 1 unspecified atom stereocenters. The molecule has 3 heteroatoms. The van der Waals surface area contributed by atoms with E-state index in [-0.39, 0.29) is 0 Å². The van der Waals surface area contributed by atoms with Crippen molar-refractivity contribution in [2.75, 3.05) is 20.3 Å². The maximum atomic E-state index is 10.1. The van der Waals surface area contributed by atoms with Gasteiger partial charge in [-0.15, -0.1) is 0 Å². The second kappa shape index (κ2) is 6.55. The minimum Gasteiger partial charge on any atom is -0.497 e. The zero-order valence-corrected chi connectivity index (χ0v) is 11.4. The van der Waals surface area contributed by atoms with Gasteiger partial charge in [0.25, 0.3) is 0 Å². The van der Waals surface area contributed by atoms with Crippen LogP contribution in [0.2, 0.25) is 0 Å². The number of fused-ring (bicyclic) bond motifs is 1. The maximum absolute atomic E-state index is 10.1. The third kappa shape index (κ3) is 3.46. The Bertz CT molecular complexity index is 537. The smallest absolute Gasteiger partial charge is 0.119 e. The molecule has 1 N–H and O–H groups in total. The summed E-state index contributed by atoms with van der Waals surface area (Å²) in [5.74, 6) is 0.840. The highest BCUT2D eigenvalue weighted by molar-refractivity contribution is 5.84. The van der Waals surface area contributed by atoms with Gasteiger partial charge < -0.3 is 14.6 Å². The molecule has 3 nitrogen and oxygen atoms in total. The molecule has 0 fully saturated rings. The summed E-state index contributed by atoms with van der Waals surface area (Å²) in [7, 11) is 1.66. The number of ether oxygens (including phenoxy) is 2. The lowest BCUT2D eigenvalue weighted by molar-refractivity contribution is 0.0364. The molecule has 0 aliphatic carbocycles. The number of aliphatic hydroxyl groups excluding tert-OH is 1. The molecule has 0 spiro atoms. The van der Waals surface area contributed by atoms with Gasteiger partial charge in [0, 0.05) is 6.61 Å². The summed E-state index contributed by atoms with van der Waals surface area (Å²) in [6.45, 7) is 3.08. The maximum Gasteiger partial charge on any atom is 0.119 e. The van der Waals surface area contributed by atoms with Crippen LogP contribution in [0.1, 0.15) is 25.0 Å². The molecular formula is C16H20O3. The van der Waals surface area contributed by atoms with Crippen LogP contribution in [-0.4, -0.2) is 25.4 Å². The van der Waals surface area contributed by atoms with E-state index in [1.165, 1.54) is 0 Å². The Balaban J connectivity index is 2.16. The molecule has 1 atom stereocenters. The predicted molar refractivity (Wildman–Crippen MR) is 76.6 cm³/mol. The van der Waals surface area contributed by atoms with E-state index in [2.05, 4.69) is 6.92 Å². The molecule has 0 saturated heterocycles. The second-order valence-corrected chi connectivity index (χ2v) is 4.56. The van der Waals surface area contributed by atoms with Crippen LogP contribution in [0.3, 0.4) is 0 Å². The highest BCUT2D eigenvalue weighted by Crippen LogP contribution is 2.24. The Morgan fingerprint density at radius 2 is 1.84 bits per heavy atom. The monoisotopic (exact) mass is 260 g/mol. The first-order chi connectivity index (χ1) is 9.24. The molecule has 0 heterocycles. The van der Waals surface area contributed by atoms with Gasteiger partial charge in [0.1, 0.15) is 11.9 Å². The molecule has 0 radical (unpaired) electrons. The molecule has 2 aromatic rings. The molecule has 0 aliphatic heterocycles. The van der Waals surface area contributed by atoms with Crippen LogP contribution in [0.5, 0.6) is 5.75 Å². The van der Waals surface area contributed by atoms with Gasteiger partial charge >= 0.3 is 0 Å². The van der Waals surface area contributed by atoms with Crippen LogP contribution >= 0.6 is 0 Å². The Labute approximate surface area is 113 Å². The standard InChI is InChI=1S/C16H20O3/c1-3-8-19-11-16(17)14-5-4-13-10-15(18-2)7-6-12(13)9-14/h4-7,9-10,16-17H,3,8,11H2,1-2H3. The average molecular weight is 260 g/mol. The summed E-state index contributed by atoms with van der Waals surface area (Å²) >= 11 is 0. The third-order valence-corrected chi connectivity index (χ3v) is 3.08. The summed E-state index contributed by atoms with van der Waals surface area (Å²) in [4.78, 5) is 0. The summed E-state index contributed by atoms with van der Waals surface area (Å²) in [5, 5.41) is 12.2. The van der Waals surface area contributed by atoms with E-state index in [1.807, 2.05) is 36.4 Å². The zero-order valence-electron chi connectivity index (χ0n) is 11.4. The predicted octanol–water partition coefficient (Wildman–Crippen LogP) is 3.31. The number of methoxy groups -OCH3 is 1. The van der Waals surface area contributed by atoms with Gasteiger partial charge in [-0.25, -0.2) is 0 Å². The molecule has 19 heavy (non-hydrogen) atoms. The first-order valence-corrected chi connectivity index (χ1v) is 6.58. The van der Waals surface area contributed by atoms with Gasteiger partial charge in [0.15, 0.2) is 0 Å². The van der Waals surface area contributed by atoms with Crippen LogP contribution < -0.4 is 4.74 Å². The van der Waals surface area contributed by atoms with Crippen LogP contribution in [0, 0.1) is 0 Å². The first kappa shape index (κ1) is 13.8. The molecule has 0 saturated carbocycles. The summed E-state index contributed by atoms with van der Waals surface area (Å²) in [6, 6.07) is 11.8.